The zero-order chi connectivity index (χ0) is 13.0. The van der Waals surface area contributed by atoms with Gasteiger partial charge in [0, 0.05) is 11.3 Å². The predicted molar refractivity (Wildman–Crippen MR) is 74.5 cm³/mol. The van der Waals surface area contributed by atoms with Crippen LogP contribution in [0.4, 0.5) is 0 Å². The first-order valence-electron chi connectivity index (χ1n) is 6.25. The number of carbonyl (C=O) groups is 1. The molecule has 0 aromatic heterocycles. The maximum absolute atomic E-state index is 11.9. The van der Waals surface area contributed by atoms with E-state index in [2.05, 4.69) is 12.2 Å². The average Bonchev–Trinajstić information content (AvgIpc) is 2.83. The number of benzene rings is 1. The van der Waals surface area contributed by atoms with E-state index in [1.807, 2.05) is 30.0 Å². The lowest BCUT2D eigenvalue weighted by Crippen LogP contribution is -2.39. The molecule has 2 unspecified atom stereocenters. The largest absolute Gasteiger partial charge is 0.378 e. The van der Waals surface area contributed by atoms with Crippen molar-refractivity contribution in [3.8, 4) is 0 Å². The maximum atomic E-state index is 11.9. The fraction of sp³-hybridized carbons (Fsp3) is 0.500. The zero-order valence-electron chi connectivity index (χ0n) is 10.6. The van der Waals surface area contributed by atoms with Gasteiger partial charge in [0.25, 0.3) is 5.91 Å². The molecule has 0 spiro atoms. The maximum Gasteiger partial charge on any atom is 0.253 e. The van der Waals surface area contributed by atoms with E-state index in [0.29, 0.717) is 12.1 Å². The van der Waals surface area contributed by atoms with Crippen molar-refractivity contribution in [2.75, 3.05) is 12.3 Å². The summed E-state index contributed by atoms with van der Waals surface area (Å²) >= 11 is 1.90. The molecule has 2 atom stereocenters. The van der Waals surface area contributed by atoms with Gasteiger partial charge in [0.2, 0.25) is 0 Å². The molecule has 1 aliphatic heterocycles. The molecule has 0 saturated carbocycles. The van der Waals surface area contributed by atoms with E-state index in [1.54, 1.807) is 12.1 Å². The van der Waals surface area contributed by atoms with Crippen LogP contribution < -0.4 is 5.32 Å². The van der Waals surface area contributed by atoms with Crippen LogP contribution >= 0.6 is 11.8 Å². The Kier molecular flexibility index (Phi) is 4.30. The first-order chi connectivity index (χ1) is 8.61. The van der Waals surface area contributed by atoms with Crippen molar-refractivity contribution >= 4 is 17.7 Å². The zero-order valence-corrected chi connectivity index (χ0v) is 11.4. The molecular formula is C14H19NO2S. The Morgan fingerprint density at radius 1 is 1.50 bits per heavy atom. The van der Waals surface area contributed by atoms with E-state index in [1.165, 1.54) is 6.42 Å². The fourth-order valence-corrected chi connectivity index (χ4v) is 3.38. The Labute approximate surface area is 112 Å². The summed E-state index contributed by atoms with van der Waals surface area (Å²) in [7, 11) is 0. The van der Waals surface area contributed by atoms with Crippen molar-refractivity contribution < 1.29 is 9.90 Å². The predicted octanol–water partition coefficient (Wildman–Crippen LogP) is 2.12. The molecule has 0 bridgehead atoms. The Bertz CT molecular complexity index is 402. The van der Waals surface area contributed by atoms with Crippen LogP contribution in [-0.4, -0.2) is 28.1 Å². The van der Waals surface area contributed by atoms with Crippen LogP contribution in [-0.2, 0) is 4.79 Å². The lowest BCUT2D eigenvalue weighted by atomic mass is 10.1. The van der Waals surface area contributed by atoms with Crippen LogP contribution in [0.15, 0.2) is 30.3 Å². The molecule has 4 heteroatoms. The van der Waals surface area contributed by atoms with Gasteiger partial charge in [-0.15, -0.1) is 0 Å². The minimum absolute atomic E-state index is 0.131. The highest BCUT2D eigenvalue weighted by Gasteiger charge is 2.30. The number of nitrogens with one attached hydrogen (secondary N) is 1. The van der Waals surface area contributed by atoms with Crippen LogP contribution in [0.2, 0.25) is 0 Å². The molecule has 98 valence electrons. The minimum Gasteiger partial charge on any atom is -0.378 e. The molecule has 1 saturated heterocycles. The van der Waals surface area contributed by atoms with E-state index in [9.17, 15) is 9.90 Å². The van der Waals surface area contributed by atoms with Crippen molar-refractivity contribution in [2.24, 2.45) is 0 Å². The highest BCUT2D eigenvalue weighted by atomic mass is 32.2. The van der Waals surface area contributed by atoms with E-state index in [-0.39, 0.29) is 10.7 Å². The lowest BCUT2D eigenvalue weighted by molar-refractivity contribution is -0.129. The topological polar surface area (TPSA) is 49.3 Å². The van der Waals surface area contributed by atoms with Crippen LogP contribution in [0, 0.1) is 0 Å². The van der Waals surface area contributed by atoms with Crippen LogP contribution in [0.25, 0.3) is 0 Å². The molecule has 2 rings (SSSR count). The first-order valence-corrected chi connectivity index (χ1v) is 7.24. The monoisotopic (exact) mass is 265 g/mol. The van der Waals surface area contributed by atoms with Gasteiger partial charge >= 0.3 is 0 Å². The third kappa shape index (κ3) is 3.27. The summed E-state index contributed by atoms with van der Waals surface area (Å²) in [5.74, 6) is 0.850. The third-order valence-electron chi connectivity index (χ3n) is 3.30. The summed E-state index contributed by atoms with van der Waals surface area (Å²) in [5.41, 5.74) is 0.638. The van der Waals surface area contributed by atoms with E-state index in [0.717, 1.165) is 12.2 Å². The second kappa shape index (κ2) is 5.76. The van der Waals surface area contributed by atoms with Crippen LogP contribution in [0.1, 0.15) is 31.4 Å². The van der Waals surface area contributed by atoms with Gasteiger partial charge in [-0.05, 0) is 31.1 Å². The Hall–Kier alpha value is -1.00. The van der Waals surface area contributed by atoms with E-state index >= 15 is 0 Å². The van der Waals surface area contributed by atoms with E-state index < -0.39 is 6.10 Å². The third-order valence-corrected chi connectivity index (χ3v) is 4.84. The summed E-state index contributed by atoms with van der Waals surface area (Å²) < 4.78 is 0.131. The van der Waals surface area contributed by atoms with Gasteiger partial charge in [0.15, 0.2) is 6.10 Å². The minimum atomic E-state index is -1.07. The van der Waals surface area contributed by atoms with Gasteiger partial charge in [-0.1, -0.05) is 30.3 Å². The van der Waals surface area contributed by atoms with Crippen molar-refractivity contribution in [3.05, 3.63) is 35.9 Å². The molecule has 1 fully saturated rings. The van der Waals surface area contributed by atoms with E-state index in [4.69, 9.17) is 0 Å². The van der Waals surface area contributed by atoms with Crippen molar-refractivity contribution in [1.29, 1.82) is 0 Å². The van der Waals surface area contributed by atoms with Gasteiger partial charge in [0.05, 0.1) is 0 Å². The summed E-state index contributed by atoms with van der Waals surface area (Å²) in [6.07, 6.45) is 1.26. The molecule has 1 heterocycles. The van der Waals surface area contributed by atoms with Crippen molar-refractivity contribution in [3.63, 3.8) is 0 Å². The smallest absolute Gasteiger partial charge is 0.253 e. The normalized spacial score (nSPS) is 24.8. The molecule has 0 aliphatic carbocycles. The second-order valence-corrected chi connectivity index (χ2v) is 6.62. The quantitative estimate of drug-likeness (QED) is 0.876. The number of amides is 1. The number of aliphatic hydroxyl groups is 1. The number of carbonyl (C=O) groups excluding carboxylic acids is 1. The molecule has 1 aliphatic rings. The molecular weight excluding hydrogens is 246 g/mol. The fourth-order valence-electron chi connectivity index (χ4n) is 2.13. The molecule has 1 aromatic carbocycles. The lowest BCUT2D eigenvalue weighted by Gasteiger charge is -2.23. The Morgan fingerprint density at radius 3 is 2.83 bits per heavy atom. The first kappa shape index (κ1) is 13.4. The van der Waals surface area contributed by atoms with Crippen LogP contribution in [0.3, 0.4) is 0 Å². The molecule has 2 N–H and O–H groups in total. The molecule has 18 heavy (non-hydrogen) atoms. The summed E-state index contributed by atoms with van der Waals surface area (Å²) in [6, 6.07) is 9.02. The molecule has 1 aromatic rings. The average molecular weight is 265 g/mol. The van der Waals surface area contributed by atoms with Gasteiger partial charge in [-0.3, -0.25) is 4.79 Å². The van der Waals surface area contributed by atoms with Gasteiger partial charge in [-0.2, -0.15) is 11.8 Å². The summed E-state index contributed by atoms with van der Waals surface area (Å²) in [5, 5.41) is 12.8. The van der Waals surface area contributed by atoms with Crippen molar-refractivity contribution in [1.82, 2.24) is 5.32 Å². The molecule has 0 radical (unpaired) electrons. The molecule has 1 amide bonds. The van der Waals surface area contributed by atoms with Crippen LogP contribution in [0.5, 0.6) is 0 Å². The standard InChI is InChI=1S/C14H19NO2S/c1-14(8-5-9-18-14)10-15-13(17)12(16)11-6-3-2-4-7-11/h2-4,6-7,12,16H,5,8-10H2,1H3,(H,15,17). The number of hydrogen-bond acceptors (Lipinski definition) is 3. The summed E-state index contributed by atoms with van der Waals surface area (Å²) in [4.78, 5) is 11.9. The van der Waals surface area contributed by atoms with Gasteiger partial charge in [0.1, 0.15) is 0 Å². The highest BCUT2D eigenvalue weighted by molar-refractivity contribution is 8.00. The highest BCUT2D eigenvalue weighted by Crippen LogP contribution is 2.37. The van der Waals surface area contributed by atoms with Gasteiger partial charge < -0.3 is 10.4 Å². The second-order valence-electron chi connectivity index (χ2n) is 4.93. The Balaban J connectivity index is 1.88. The number of hydrogen-bond donors (Lipinski definition) is 2. The summed E-state index contributed by atoms with van der Waals surface area (Å²) in [6.45, 7) is 2.79. The van der Waals surface area contributed by atoms with Gasteiger partial charge in [-0.25, -0.2) is 0 Å². The molecule has 3 nitrogen and oxygen atoms in total. The van der Waals surface area contributed by atoms with Crippen molar-refractivity contribution in [2.45, 2.75) is 30.6 Å². The Morgan fingerprint density at radius 2 is 2.22 bits per heavy atom. The number of aliphatic hydroxyl groups excluding tert-OH is 1. The number of thioether (sulfide) groups is 1. The number of rotatable bonds is 4. The SMILES string of the molecule is CC1(CNC(=O)C(O)c2ccccc2)CCCS1.